The molecule has 2 heterocycles. The van der Waals surface area contributed by atoms with Crippen molar-refractivity contribution in [2.75, 3.05) is 0 Å². The predicted molar refractivity (Wildman–Crippen MR) is 58.6 cm³/mol. The van der Waals surface area contributed by atoms with Gasteiger partial charge in [0.05, 0.1) is 12.7 Å². The molecule has 1 fully saturated rings. The van der Waals surface area contributed by atoms with Crippen LogP contribution in [0.1, 0.15) is 24.5 Å². The highest BCUT2D eigenvalue weighted by molar-refractivity contribution is 5.82. The molecular formula is C11H14N2O5. The van der Waals surface area contributed by atoms with Crippen LogP contribution in [-0.2, 0) is 20.9 Å². The summed E-state index contributed by atoms with van der Waals surface area (Å²) < 4.78 is 10.3. The van der Waals surface area contributed by atoms with Crippen molar-refractivity contribution >= 4 is 11.9 Å². The van der Waals surface area contributed by atoms with Gasteiger partial charge in [-0.25, -0.2) is 9.78 Å². The lowest BCUT2D eigenvalue weighted by atomic mass is 10.2. The van der Waals surface area contributed by atoms with E-state index >= 15 is 0 Å². The molecule has 2 rings (SSSR count). The first-order valence-corrected chi connectivity index (χ1v) is 5.63. The van der Waals surface area contributed by atoms with E-state index in [0.717, 1.165) is 0 Å². The van der Waals surface area contributed by atoms with E-state index < -0.39 is 18.2 Å². The van der Waals surface area contributed by atoms with E-state index in [1.807, 2.05) is 0 Å². The van der Waals surface area contributed by atoms with Gasteiger partial charge in [-0.1, -0.05) is 0 Å². The number of nitrogens with zero attached hydrogens (tertiary/aromatic N) is 1. The second-order valence-corrected chi connectivity index (χ2v) is 4.11. The molecule has 18 heavy (non-hydrogen) atoms. The fourth-order valence-corrected chi connectivity index (χ4v) is 1.77. The molecule has 0 radical (unpaired) electrons. The summed E-state index contributed by atoms with van der Waals surface area (Å²) in [5.41, 5.74) is 0. The Morgan fingerprint density at radius 3 is 2.78 bits per heavy atom. The minimum absolute atomic E-state index is 0.171. The lowest BCUT2D eigenvalue weighted by Crippen LogP contribution is -2.35. The Labute approximate surface area is 103 Å². The van der Waals surface area contributed by atoms with Crippen molar-refractivity contribution in [1.29, 1.82) is 0 Å². The molecule has 1 aromatic rings. The number of carbonyl (C=O) groups is 2. The molecule has 2 atom stereocenters. The van der Waals surface area contributed by atoms with Gasteiger partial charge in [-0.05, 0) is 19.8 Å². The van der Waals surface area contributed by atoms with Crippen LogP contribution in [0.15, 0.2) is 10.6 Å². The average molecular weight is 254 g/mol. The number of rotatable bonds is 4. The van der Waals surface area contributed by atoms with Crippen LogP contribution in [0.4, 0.5) is 0 Å². The van der Waals surface area contributed by atoms with Gasteiger partial charge in [-0.2, -0.15) is 0 Å². The second kappa shape index (κ2) is 5.18. The number of ether oxygens (including phenoxy) is 1. The van der Waals surface area contributed by atoms with Crippen LogP contribution in [0, 0.1) is 6.92 Å². The fourth-order valence-electron chi connectivity index (χ4n) is 1.77. The Morgan fingerprint density at radius 1 is 1.50 bits per heavy atom. The lowest BCUT2D eigenvalue weighted by Gasteiger charge is -2.10. The second-order valence-electron chi connectivity index (χ2n) is 4.11. The van der Waals surface area contributed by atoms with Crippen molar-refractivity contribution < 1.29 is 23.8 Å². The van der Waals surface area contributed by atoms with Gasteiger partial charge in [0.1, 0.15) is 11.9 Å². The van der Waals surface area contributed by atoms with Gasteiger partial charge >= 0.3 is 5.97 Å². The molecular weight excluding hydrogens is 240 g/mol. The van der Waals surface area contributed by atoms with Crippen molar-refractivity contribution in [3.63, 3.8) is 0 Å². The normalized spacial score (nSPS) is 22.9. The van der Waals surface area contributed by atoms with Gasteiger partial charge in [0.15, 0.2) is 6.10 Å². The van der Waals surface area contributed by atoms with Gasteiger partial charge in [-0.3, -0.25) is 4.79 Å². The van der Waals surface area contributed by atoms with Crippen molar-refractivity contribution in [2.45, 2.75) is 38.5 Å². The molecule has 98 valence electrons. The maximum Gasteiger partial charge on any atom is 0.332 e. The maximum atomic E-state index is 11.7. The number of aryl methyl sites for hydroxylation is 1. The molecule has 2 N–H and O–H groups in total. The number of oxazole rings is 1. The molecule has 0 spiro atoms. The molecule has 0 aromatic carbocycles. The Hall–Kier alpha value is -1.89. The first-order valence-electron chi connectivity index (χ1n) is 5.63. The van der Waals surface area contributed by atoms with Crippen LogP contribution in [0.2, 0.25) is 0 Å². The van der Waals surface area contributed by atoms with E-state index in [1.165, 1.54) is 0 Å². The summed E-state index contributed by atoms with van der Waals surface area (Å²) >= 11 is 0. The number of hydrogen-bond acceptors (Lipinski definition) is 5. The van der Waals surface area contributed by atoms with Gasteiger partial charge in [0, 0.05) is 0 Å². The summed E-state index contributed by atoms with van der Waals surface area (Å²) in [5, 5.41) is 11.3. The minimum Gasteiger partial charge on any atom is -0.479 e. The van der Waals surface area contributed by atoms with Gasteiger partial charge in [-0.15, -0.1) is 0 Å². The van der Waals surface area contributed by atoms with Crippen molar-refractivity contribution in [2.24, 2.45) is 0 Å². The number of carbonyl (C=O) groups excluding carboxylic acids is 1. The monoisotopic (exact) mass is 254 g/mol. The lowest BCUT2D eigenvalue weighted by molar-refractivity contribution is -0.151. The molecule has 7 nitrogen and oxygen atoms in total. The molecule has 1 aliphatic rings. The Bertz CT molecular complexity index is 456. The van der Waals surface area contributed by atoms with E-state index in [-0.39, 0.29) is 12.5 Å². The molecule has 0 saturated carbocycles. The van der Waals surface area contributed by atoms with Gasteiger partial charge in [0.25, 0.3) is 0 Å². The van der Waals surface area contributed by atoms with E-state index in [0.29, 0.717) is 24.5 Å². The number of nitrogens with one attached hydrogen (secondary N) is 1. The Balaban J connectivity index is 1.80. The van der Waals surface area contributed by atoms with Crippen molar-refractivity contribution in [3.05, 3.63) is 17.8 Å². The highest BCUT2D eigenvalue weighted by atomic mass is 16.5. The topological polar surface area (TPSA) is 102 Å². The van der Waals surface area contributed by atoms with Crippen LogP contribution in [-0.4, -0.2) is 34.2 Å². The highest BCUT2D eigenvalue weighted by Gasteiger charge is 2.34. The van der Waals surface area contributed by atoms with Gasteiger partial charge < -0.3 is 19.6 Å². The fraction of sp³-hybridized carbons (Fsp3) is 0.545. The zero-order valence-corrected chi connectivity index (χ0v) is 9.88. The SMILES string of the molecule is Cc1cnc(CNC(=O)C2CCC(C(=O)O)O2)o1. The molecule has 0 aliphatic carbocycles. The smallest absolute Gasteiger partial charge is 0.332 e. The highest BCUT2D eigenvalue weighted by Crippen LogP contribution is 2.20. The number of hydrogen-bond donors (Lipinski definition) is 2. The van der Waals surface area contributed by atoms with E-state index in [9.17, 15) is 9.59 Å². The zero-order chi connectivity index (χ0) is 13.1. The third kappa shape index (κ3) is 2.86. The van der Waals surface area contributed by atoms with Crippen LogP contribution in [0.5, 0.6) is 0 Å². The molecule has 2 unspecified atom stereocenters. The quantitative estimate of drug-likeness (QED) is 0.797. The molecule has 1 saturated heterocycles. The number of aromatic nitrogens is 1. The Morgan fingerprint density at radius 2 is 2.22 bits per heavy atom. The van der Waals surface area contributed by atoms with E-state index in [2.05, 4.69) is 10.3 Å². The van der Waals surface area contributed by atoms with Crippen LogP contribution in [0.3, 0.4) is 0 Å². The summed E-state index contributed by atoms with van der Waals surface area (Å²) in [5.74, 6) is -0.292. The first-order chi connectivity index (χ1) is 8.56. The number of aliphatic carboxylic acids is 1. The molecule has 1 aromatic heterocycles. The summed E-state index contributed by atoms with van der Waals surface area (Å²) in [4.78, 5) is 26.3. The third-order valence-corrected chi connectivity index (χ3v) is 2.67. The Kier molecular flexibility index (Phi) is 3.61. The zero-order valence-electron chi connectivity index (χ0n) is 9.88. The number of carboxylic acid groups (broad SMARTS) is 1. The number of amides is 1. The molecule has 0 bridgehead atoms. The summed E-state index contributed by atoms with van der Waals surface area (Å²) in [7, 11) is 0. The minimum atomic E-state index is -1.03. The van der Waals surface area contributed by atoms with E-state index in [4.69, 9.17) is 14.3 Å². The predicted octanol–water partition coefficient (Wildman–Crippen LogP) is 0.231. The largest absolute Gasteiger partial charge is 0.479 e. The van der Waals surface area contributed by atoms with Gasteiger partial charge in [0.2, 0.25) is 11.8 Å². The average Bonchev–Trinajstić information content (AvgIpc) is 2.94. The van der Waals surface area contributed by atoms with Crippen LogP contribution < -0.4 is 5.32 Å². The van der Waals surface area contributed by atoms with Crippen LogP contribution >= 0.6 is 0 Å². The van der Waals surface area contributed by atoms with Crippen LogP contribution in [0.25, 0.3) is 0 Å². The standard InChI is InChI=1S/C11H14N2O5/c1-6-4-12-9(17-6)5-13-10(14)7-2-3-8(18-7)11(15)16/h4,7-8H,2-3,5H2,1H3,(H,13,14)(H,15,16). The number of carboxylic acids is 1. The summed E-state index contributed by atoms with van der Waals surface area (Å²) in [6.45, 7) is 1.93. The summed E-state index contributed by atoms with van der Waals surface area (Å²) in [6.07, 6.45) is 0.736. The van der Waals surface area contributed by atoms with E-state index in [1.54, 1.807) is 13.1 Å². The van der Waals surface area contributed by atoms with Crippen molar-refractivity contribution in [3.8, 4) is 0 Å². The molecule has 7 heteroatoms. The third-order valence-electron chi connectivity index (χ3n) is 2.67. The van der Waals surface area contributed by atoms with Crippen molar-refractivity contribution in [1.82, 2.24) is 10.3 Å². The summed E-state index contributed by atoms with van der Waals surface area (Å²) in [6, 6.07) is 0. The first kappa shape index (κ1) is 12.6. The maximum absolute atomic E-state index is 11.7. The molecule has 1 amide bonds. The molecule has 1 aliphatic heterocycles.